The minimum atomic E-state index is -0.523. The predicted molar refractivity (Wildman–Crippen MR) is 99.1 cm³/mol. The monoisotopic (exact) mass is 393 g/mol. The molecule has 0 fully saturated rings. The molecule has 0 aliphatic rings. The normalized spacial score (nSPS) is 10.7. The summed E-state index contributed by atoms with van der Waals surface area (Å²) < 4.78 is 12.0. The van der Waals surface area contributed by atoms with Gasteiger partial charge in [0.1, 0.15) is 5.75 Å². The second-order valence-corrected chi connectivity index (χ2v) is 6.79. The smallest absolute Gasteiger partial charge is 0.312 e. The fraction of sp³-hybridized carbons (Fsp3) is 0.235. The Balaban J connectivity index is 1.54. The van der Waals surface area contributed by atoms with Crippen molar-refractivity contribution in [2.24, 2.45) is 0 Å². The van der Waals surface area contributed by atoms with E-state index in [2.05, 4.69) is 10.3 Å². The zero-order valence-electron chi connectivity index (χ0n) is 14.1. The van der Waals surface area contributed by atoms with Crippen molar-refractivity contribution in [3.63, 3.8) is 0 Å². The molecule has 0 unspecified atom stereocenters. The first-order valence-electron chi connectivity index (χ1n) is 7.67. The summed E-state index contributed by atoms with van der Waals surface area (Å²) in [6, 6.07) is 3.31. The molecular weight excluding hydrogens is 378 g/mol. The van der Waals surface area contributed by atoms with Crippen LogP contribution in [-0.2, 0) is 20.7 Å². The molecule has 0 atom stereocenters. The average molecular weight is 394 g/mol. The van der Waals surface area contributed by atoms with Crippen LogP contribution in [0.3, 0.4) is 0 Å². The summed E-state index contributed by atoms with van der Waals surface area (Å²) in [5.74, 6) is -0.562. The summed E-state index contributed by atoms with van der Waals surface area (Å²) in [7, 11) is 1.48. The Bertz CT molecular complexity index is 938. The van der Waals surface area contributed by atoms with E-state index in [0.29, 0.717) is 22.2 Å². The van der Waals surface area contributed by atoms with Gasteiger partial charge < -0.3 is 14.8 Å². The SMILES string of the molecule is COc1cc(Cl)c(C)cc1NC(=O)COC(=O)Cc1cn2ccsc2n1. The number of carbonyl (C=O) groups excluding carboxylic acids is 2. The number of rotatable bonds is 6. The Kier molecular flexibility index (Phi) is 5.43. The van der Waals surface area contributed by atoms with Gasteiger partial charge in [-0.05, 0) is 18.6 Å². The van der Waals surface area contributed by atoms with Crippen molar-refractivity contribution in [2.75, 3.05) is 19.0 Å². The van der Waals surface area contributed by atoms with Crippen molar-refractivity contribution in [3.8, 4) is 5.75 Å². The van der Waals surface area contributed by atoms with Crippen LogP contribution in [0.5, 0.6) is 5.75 Å². The van der Waals surface area contributed by atoms with Crippen molar-refractivity contribution in [1.82, 2.24) is 9.38 Å². The van der Waals surface area contributed by atoms with Gasteiger partial charge in [-0.15, -0.1) is 11.3 Å². The number of anilines is 1. The lowest BCUT2D eigenvalue weighted by molar-refractivity contribution is -0.146. The van der Waals surface area contributed by atoms with Crippen molar-refractivity contribution >= 4 is 45.5 Å². The molecule has 0 aliphatic heterocycles. The fourth-order valence-electron chi connectivity index (χ4n) is 2.32. The van der Waals surface area contributed by atoms with Crippen LogP contribution in [-0.4, -0.2) is 35.0 Å². The number of nitrogens with zero attached hydrogens (tertiary/aromatic N) is 2. The average Bonchev–Trinajstić information content (AvgIpc) is 3.17. The van der Waals surface area contributed by atoms with Gasteiger partial charge in [-0.2, -0.15) is 0 Å². The summed E-state index contributed by atoms with van der Waals surface area (Å²) >= 11 is 7.51. The van der Waals surface area contributed by atoms with Gasteiger partial charge in [-0.3, -0.25) is 14.0 Å². The number of aryl methyl sites for hydroxylation is 1. The topological polar surface area (TPSA) is 81.9 Å². The quantitative estimate of drug-likeness (QED) is 0.651. The Morgan fingerprint density at radius 1 is 1.38 bits per heavy atom. The minimum absolute atomic E-state index is 0.00501. The minimum Gasteiger partial charge on any atom is -0.495 e. The van der Waals surface area contributed by atoms with Gasteiger partial charge >= 0.3 is 5.97 Å². The van der Waals surface area contributed by atoms with E-state index < -0.39 is 18.5 Å². The van der Waals surface area contributed by atoms with Crippen LogP contribution in [0, 0.1) is 6.92 Å². The summed E-state index contributed by atoms with van der Waals surface area (Å²) in [5, 5.41) is 5.09. The molecule has 1 amide bonds. The number of carbonyl (C=O) groups is 2. The van der Waals surface area contributed by atoms with Crippen LogP contribution >= 0.6 is 22.9 Å². The van der Waals surface area contributed by atoms with Gasteiger partial charge in [0.25, 0.3) is 5.91 Å². The van der Waals surface area contributed by atoms with E-state index in [4.69, 9.17) is 21.1 Å². The van der Waals surface area contributed by atoms with Crippen LogP contribution in [0.4, 0.5) is 5.69 Å². The molecule has 7 nitrogen and oxygen atoms in total. The molecular formula is C17H16ClN3O4S. The summed E-state index contributed by atoms with van der Waals surface area (Å²) in [4.78, 5) is 29.0. The van der Waals surface area contributed by atoms with E-state index in [9.17, 15) is 9.59 Å². The lowest BCUT2D eigenvalue weighted by Crippen LogP contribution is -2.22. The number of aromatic nitrogens is 2. The Hall–Kier alpha value is -2.58. The number of esters is 1. The number of imidazole rings is 1. The van der Waals surface area contributed by atoms with Crippen molar-refractivity contribution < 1.29 is 19.1 Å². The number of methoxy groups -OCH3 is 1. The number of benzene rings is 1. The largest absolute Gasteiger partial charge is 0.495 e. The summed E-state index contributed by atoms with van der Waals surface area (Å²) in [6.07, 6.45) is 3.62. The van der Waals surface area contributed by atoms with Gasteiger partial charge in [-0.25, -0.2) is 4.98 Å². The van der Waals surface area contributed by atoms with E-state index in [1.807, 2.05) is 22.9 Å². The number of ether oxygens (including phenoxy) is 2. The highest BCUT2D eigenvalue weighted by Gasteiger charge is 2.14. The van der Waals surface area contributed by atoms with Crippen molar-refractivity contribution in [3.05, 3.63) is 46.2 Å². The van der Waals surface area contributed by atoms with Crippen molar-refractivity contribution in [1.29, 1.82) is 0 Å². The maximum atomic E-state index is 12.0. The third-order valence-corrected chi connectivity index (χ3v) is 4.77. The molecule has 0 saturated heterocycles. The van der Waals surface area contributed by atoms with E-state index >= 15 is 0 Å². The number of hydrogen-bond donors (Lipinski definition) is 1. The van der Waals surface area contributed by atoms with Gasteiger partial charge in [0, 0.05) is 28.9 Å². The van der Waals surface area contributed by atoms with Gasteiger partial charge in [0.05, 0.1) is 24.9 Å². The number of amides is 1. The van der Waals surface area contributed by atoms with Crippen LogP contribution < -0.4 is 10.1 Å². The molecule has 0 spiro atoms. The number of fused-ring (bicyclic) bond motifs is 1. The molecule has 0 saturated carbocycles. The highest BCUT2D eigenvalue weighted by molar-refractivity contribution is 7.15. The first-order chi connectivity index (χ1) is 12.5. The molecule has 136 valence electrons. The zero-order valence-corrected chi connectivity index (χ0v) is 15.7. The van der Waals surface area contributed by atoms with Crippen LogP contribution in [0.1, 0.15) is 11.3 Å². The van der Waals surface area contributed by atoms with E-state index in [1.54, 1.807) is 18.3 Å². The fourth-order valence-corrected chi connectivity index (χ4v) is 3.19. The molecule has 1 N–H and O–H groups in total. The number of halogens is 1. The third-order valence-electron chi connectivity index (χ3n) is 3.59. The Morgan fingerprint density at radius 2 is 2.19 bits per heavy atom. The first-order valence-corrected chi connectivity index (χ1v) is 8.92. The Labute approximate surface area is 158 Å². The molecule has 0 aliphatic carbocycles. The highest BCUT2D eigenvalue weighted by atomic mass is 35.5. The van der Waals surface area contributed by atoms with E-state index in [-0.39, 0.29) is 6.42 Å². The maximum absolute atomic E-state index is 12.0. The standard InChI is InChI=1S/C17H16ClN3O4S/c1-10-5-13(14(24-2)7-12(10)18)20-15(22)9-25-16(23)6-11-8-21-3-4-26-17(21)19-11/h3-5,7-8H,6,9H2,1-2H3,(H,20,22). The number of thiazole rings is 1. The number of nitrogens with one attached hydrogen (secondary N) is 1. The molecule has 3 aromatic rings. The zero-order chi connectivity index (χ0) is 18.7. The van der Waals surface area contributed by atoms with E-state index in [0.717, 1.165) is 10.5 Å². The van der Waals surface area contributed by atoms with E-state index in [1.165, 1.54) is 18.4 Å². The summed E-state index contributed by atoms with van der Waals surface area (Å²) in [5.41, 5.74) is 1.85. The first kappa shape index (κ1) is 18.2. The maximum Gasteiger partial charge on any atom is 0.312 e. The summed E-state index contributed by atoms with van der Waals surface area (Å²) in [6.45, 7) is 1.42. The molecule has 2 heterocycles. The molecule has 9 heteroatoms. The molecule has 0 radical (unpaired) electrons. The molecule has 0 bridgehead atoms. The molecule has 2 aromatic heterocycles. The molecule has 3 rings (SSSR count). The van der Waals surface area contributed by atoms with Gasteiger partial charge in [0.2, 0.25) is 0 Å². The van der Waals surface area contributed by atoms with Crippen LogP contribution in [0.15, 0.2) is 29.9 Å². The Morgan fingerprint density at radius 3 is 2.92 bits per heavy atom. The molecule has 1 aromatic carbocycles. The lowest BCUT2D eigenvalue weighted by Gasteiger charge is -2.12. The lowest BCUT2D eigenvalue weighted by atomic mass is 10.2. The molecule has 26 heavy (non-hydrogen) atoms. The number of hydrogen-bond acceptors (Lipinski definition) is 6. The predicted octanol–water partition coefficient (Wildman–Crippen LogP) is 3.09. The second-order valence-electron chi connectivity index (χ2n) is 5.51. The highest BCUT2D eigenvalue weighted by Crippen LogP contribution is 2.30. The van der Waals surface area contributed by atoms with Gasteiger partial charge in [0.15, 0.2) is 11.6 Å². The van der Waals surface area contributed by atoms with Gasteiger partial charge in [-0.1, -0.05) is 11.6 Å². The third kappa shape index (κ3) is 4.14. The van der Waals surface area contributed by atoms with Crippen molar-refractivity contribution in [2.45, 2.75) is 13.3 Å². The van der Waals surface area contributed by atoms with Crippen LogP contribution in [0.25, 0.3) is 4.96 Å². The second kappa shape index (κ2) is 7.76. The van der Waals surface area contributed by atoms with Crippen LogP contribution in [0.2, 0.25) is 5.02 Å².